The van der Waals surface area contributed by atoms with E-state index in [1.54, 1.807) is 0 Å². The summed E-state index contributed by atoms with van der Waals surface area (Å²) in [6.07, 6.45) is 9.72. The van der Waals surface area contributed by atoms with Crippen molar-refractivity contribution in [3.8, 4) is 0 Å². The lowest BCUT2D eigenvalue weighted by Gasteiger charge is -2.31. The summed E-state index contributed by atoms with van der Waals surface area (Å²) >= 11 is 0. The van der Waals surface area contributed by atoms with E-state index in [9.17, 15) is 64.8 Å². The minimum absolute atomic E-state index is 1.17. The van der Waals surface area contributed by atoms with Crippen molar-refractivity contribution in [2.75, 3.05) is 0 Å². The van der Waals surface area contributed by atoms with Gasteiger partial charge in [0, 0.05) is 18.1 Å². The van der Waals surface area contributed by atoms with Crippen molar-refractivity contribution in [2.45, 2.75) is 62.6 Å². The molecule has 0 radical (unpaired) electrons. The third-order valence-electron chi connectivity index (χ3n) is 3.85. The van der Waals surface area contributed by atoms with Gasteiger partial charge in [0.2, 0.25) is 0 Å². The first-order valence-corrected chi connectivity index (χ1v) is 13.7. The quantitative estimate of drug-likeness (QED) is 0.196. The summed E-state index contributed by atoms with van der Waals surface area (Å²) in [5.41, 5.74) is -19.8. The Labute approximate surface area is 195 Å². The molecule has 0 saturated carbocycles. The summed E-state index contributed by atoms with van der Waals surface area (Å²) in [5.74, 6) is 0. The molecule has 0 aliphatic carbocycles. The first-order chi connectivity index (χ1) is 15.4. The molecule has 0 atom stereocenters. The minimum atomic E-state index is -8.02. The molecule has 0 aromatic carbocycles. The normalized spacial score (nSPS) is 13.9. The Morgan fingerprint density at radius 2 is 1.14 bits per heavy atom. The highest BCUT2D eigenvalue weighted by Crippen LogP contribution is 2.47. The van der Waals surface area contributed by atoms with Gasteiger partial charge in [-0.15, -0.1) is 0 Å². The fourth-order valence-corrected chi connectivity index (χ4v) is 7.96. The van der Waals surface area contributed by atoms with E-state index in [-0.39, 0.29) is 0 Å². The van der Waals surface area contributed by atoms with Crippen LogP contribution in [0, 0.1) is 10.8 Å². The zero-order valence-corrected chi connectivity index (χ0v) is 20.3. The second-order valence-electron chi connectivity index (χ2n) is 6.78. The predicted octanol–water partition coefficient (Wildman–Crippen LogP) is 4.10. The number of nitrogens with zero attached hydrogens (tertiary/aromatic N) is 1. The molecule has 0 bridgehead atoms. The third-order valence-corrected chi connectivity index (χ3v) is 10.9. The molecule has 0 fully saturated rings. The van der Waals surface area contributed by atoms with Crippen LogP contribution in [0.5, 0.6) is 0 Å². The molecular weight excluding hydrogens is 569 g/mol. The maximum absolute atomic E-state index is 12.0. The van der Waals surface area contributed by atoms with Crippen LogP contribution < -0.4 is 4.57 Å². The van der Waals surface area contributed by atoms with Crippen LogP contribution in [0.2, 0.25) is 0 Å². The number of halogens is 9. The highest BCUT2D eigenvalue weighted by Gasteiger charge is 2.63. The average Bonchev–Trinajstić information content (AvgIpc) is 2.62. The summed E-state index contributed by atoms with van der Waals surface area (Å²) in [5, 5.41) is 0. The monoisotopic (exact) mass is 589 g/mol. The smallest absolute Gasteiger partial charge is 0.251 e. The van der Waals surface area contributed by atoms with Crippen LogP contribution in [-0.4, -0.2) is 41.8 Å². The van der Waals surface area contributed by atoms with E-state index in [0.29, 0.717) is 0 Å². The van der Waals surface area contributed by atoms with Crippen molar-refractivity contribution in [3.05, 3.63) is 34.0 Å². The lowest BCUT2D eigenvalue weighted by atomic mass is 10.2. The van der Waals surface area contributed by atoms with Crippen molar-refractivity contribution in [2.24, 2.45) is 0 Å². The van der Waals surface area contributed by atoms with Crippen LogP contribution in [0.3, 0.4) is 0 Å². The standard InChI is InChI=1S/C12H20N.C4F9O6S3/c1-3-4-5-6-9-13-10-7-8-12(2)11-13;5-2(6,7)20(14,15)1(21(16,17)3(8,9)10)22(18,19)4(11,12)13/h7-8,10-11H,3-6,9H2,1-2H3;/q+1;-1. The lowest BCUT2D eigenvalue weighted by Crippen LogP contribution is -2.47. The topological polar surface area (TPSA) is 106 Å². The van der Waals surface area contributed by atoms with Gasteiger partial charge >= 0.3 is 16.5 Å². The Hall–Kier alpha value is -1.63. The molecule has 0 aliphatic rings. The first kappa shape index (κ1) is 33.4. The van der Waals surface area contributed by atoms with Crippen molar-refractivity contribution >= 4 is 29.5 Å². The summed E-state index contributed by atoms with van der Waals surface area (Å²) in [6, 6.07) is 4.26. The Kier molecular flexibility index (Phi) is 11.1. The number of aromatic nitrogens is 1. The maximum Gasteiger partial charge on any atom is 0.470 e. The van der Waals surface area contributed by atoms with Crippen molar-refractivity contribution in [1.82, 2.24) is 0 Å². The fourth-order valence-electron chi connectivity index (χ4n) is 2.23. The number of hydrogen-bond acceptors (Lipinski definition) is 6. The lowest BCUT2D eigenvalue weighted by molar-refractivity contribution is -0.697. The Balaban J connectivity index is 0.000000750. The van der Waals surface area contributed by atoms with E-state index in [2.05, 4.69) is 42.9 Å². The molecule has 0 spiro atoms. The molecule has 0 amide bonds. The largest absolute Gasteiger partial charge is 0.470 e. The van der Waals surface area contributed by atoms with Crippen molar-refractivity contribution < 1.29 is 69.3 Å². The van der Waals surface area contributed by atoms with E-state index in [1.165, 1.54) is 37.8 Å². The SMILES string of the molecule is CCCCCC[n+]1cccc(C)c1.O=S(=O)([C-](S(=O)(=O)C(F)(F)F)S(=O)(=O)C(F)(F)F)C(F)(F)F. The summed E-state index contributed by atoms with van der Waals surface area (Å²) in [4.78, 5) is 0. The predicted molar refractivity (Wildman–Crippen MR) is 104 cm³/mol. The van der Waals surface area contributed by atoms with Crippen LogP contribution in [0.25, 0.3) is 0 Å². The van der Waals surface area contributed by atoms with E-state index in [1.807, 2.05) is 0 Å². The number of rotatable bonds is 8. The van der Waals surface area contributed by atoms with Crippen LogP contribution in [-0.2, 0) is 36.1 Å². The molecule has 206 valence electrons. The molecule has 0 unspecified atom stereocenters. The van der Waals surface area contributed by atoms with Gasteiger partial charge in [-0.1, -0.05) is 19.8 Å². The van der Waals surface area contributed by atoms with Gasteiger partial charge in [0.15, 0.2) is 41.9 Å². The number of alkyl halides is 9. The van der Waals surface area contributed by atoms with Gasteiger partial charge in [0.25, 0.3) is 0 Å². The molecule has 1 aromatic heterocycles. The van der Waals surface area contributed by atoms with Crippen LogP contribution in [0.1, 0.15) is 38.2 Å². The molecular formula is C16H20F9NO6S3. The Bertz CT molecular complexity index is 1050. The Morgan fingerprint density at radius 1 is 0.743 bits per heavy atom. The van der Waals surface area contributed by atoms with Gasteiger partial charge in [0.1, 0.15) is 6.54 Å². The van der Waals surface area contributed by atoms with Gasteiger partial charge in [-0.3, -0.25) is 25.3 Å². The zero-order chi connectivity index (χ0) is 28.1. The van der Waals surface area contributed by atoms with E-state index in [4.69, 9.17) is 0 Å². The first-order valence-electron chi connectivity index (χ1n) is 9.21. The van der Waals surface area contributed by atoms with Gasteiger partial charge in [0.05, 0.1) is 3.91 Å². The molecule has 7 nitrogen and oxygen atoms in total. The summed E-state index contributed by atoms with van der Waals surface area (Å²) < 4.78 is 170. The molecule has 0 N–H and O–H groups in total. The van der Waals surface area contributed by atoms with Gasteiger partial charge in [-0.05, 0) is 19.4 Å². The number of sulfone groups is 3. The second kappa shape index (κ2) is 11.6. The van der Waals surface area contributed by atoms with E-state index < -0.39 is 50.0 Å². The second-order valence-corrected chi connectivity index (χ2v) is 13.2. The summed E-state index contributed by atoms with van der Waals surface area (Å²) in [6.45, 7) is 5.56. The molecule has 1 rings (SSSR count). The molecule has 0 aliphatic heterocycles. The number of unbranched alkanes of at least 4 members (excludes halogenated alkanes) is 3. The van der Waals surface area contributed by atoms with Crippen molar-refractivity contribution in [3.63, 3.8) is 0 Å². The van der Waals surface area contributed by atoms with Gasteiger partial charge in [-0.2, -0.15) is 39.5 Å². The van der Waals surface area contributed by atoms with Gasteiger partial charge in [-0.25, -0.2) is 4.57 Å². The van der Waals surface area contributed by atoms with Crippen LogP contribution in [0.4, 0.5) is 39.5 Å². The molecule has 0 saturated heterocycles. The van der Waals surface area contributed by atoms with Crippen LogP contribution in [0.15, 0.2) is 24.5 Å². The number of aryl methyl sites for hydroxylation is 2. The van der Waals surface area contributed by atoms with E-state index in [0.717, 1.165) is 0 Å². The average molecular weight is 590 g/mol. The molecule has 1 heterocycles. The van der Waals surface area contributed by atoms with Crippen LogP contribution >= 0.6 is 0 Å². The van der Waals surface area contributed by atoms with E-state index >= 15 is 0 Å². The third kappa shape index (κ3) is 8.47. The zero-order valence-electron chi connectivity index (χ0n) is 17.9. The highest BCUT2D eigenvalue weighted by atomic mass is 32.3. The number of pyridine rings is 1. The molecule has 19 heteroatoms. The number of hydrogen-bond donors (Lipinski definition) is 0. The molecule has 1 aromatic rings. The fraction of sp³-hybridized carbons (Fsp3) is 0.625. The summed E-state index contributed by atoms with van der Waals surface area (Å²) in [7, 11) is -24.1. The minimum Gasteiger partial charge on any atom is -0.251 e. The van der Waals surface area contributed by atoms with Gasteiger partial charge < -0.3 is 0 Å². The maximum atomic E-state index is 12.0. The Morgan fingerprint density at radius 3 is 1.46 bits per heavy atom. The highest BCUT2D eigenvalue weighted by molar-refractivity contribution is 8.29. The molecule has 35 heavy (non-hydrogen) atoms. The van der Waals surface area contributed by atoms with Crippen molar-refractivity contribution in [1.29, 1.82) is 0 Å².